The third-order valence-electron chi connectivity index (χ3n) is 13.4. The van der Waals surface area contributed by atoms with Crippen LogP contribution in [-0.2, 0) is 4.79 Å². The topological polar surface area (TPSA) is 57.5 Å². The first-order valence-electron chi connectivity index (χ1n) is 13.9. The molecule has 0 radical (unpaired) electrons. The molecule has 5 rings (SSSR count). The van der Waals surface area contributed by atoms with E-state index in [1.165, 1.54) is 18.4 Å². The molecule has 5 aliphatic carbocycles. The maximum atomic E-state index is 12.8. The lowest BCUT2D eigenvalue weighted by Gasteiger charge is -2.71. The van der Waals surface area contributed by atoms with Crippen LogP contribution in [0, 0.1) is 56.7 Å². The molecular weight excluding hydrogens is 408 g/mol. The summed E-state index contributed by atoms with van der Waals surface area (Å²) in [4.78, 5) is 12.8. The fourth-order valence-electron chi connectivity index (χ4n) is 10.8. The molecule has 186 valence electrons. The van der Waals surface area contributed by atoms with Crippen LogP contribution >= 0.6 is 0 Å². The molecular formula is C30H48O3. The summed E-state index contributed by atoms with van der Waals surface area (Å²) in [5, 5.41) is 21.4. The van der Waals surface area contributed by atoms with Gasteiger partial charge >= 0.3 is 5.97 Å². The molecule has 0 aromatic carbocycles. The van der Waals surface area contributed by atoms with Crippen LogP contribution in [0.2, 0.25) is 0 Å². The number of aliphatic hydroxyl groups excluding tert-OH is 1. The zero-order valence-corrected chi connectivity index (χ0v) is 22.2. The van der Waals surface area contributed by atoms with Crippen LogP contribution in [0.15, 0.2) is 11.6 Å². The van der Waals surface area contributed by atoms with Gasteiger partial charge in [-0.05, 0) is 109 Å². The van der Waals surface area contributed by atoms with Crippen LogP contribution < -0.4 is 0 Å². The molecule has 0 aromatic heterocycles. The summed E-state index contributed by atoms with van der Waals surface area (Å²) < 4.78 is 0. The zero-order chi connectivity index (χ0) is 24.2. The zero-order valence-electron chi connectivity index (χ0n) is 22.2. The summed E-state index contributed by atoms with van der Waals surface area (Å²) in [7, 11) is 0. The number of rotatable bonds is 1. The third kappa shape index (κ3) is 2.75. The number of carbonyl (C=O) groups is 1. The van der Waals surface area contributed by atoms with E-state index in [2.05, 4.69) is 54.5 Å². The van der Waals surface area contributed by atoms with E-state index in [4.69, 9.17) is 0 Å². The quantitative estimate of drug-likeness (QED) is 0.414. The van der Waals surface area contributed by atoms with E-state index in [9.17, 15) is 15.0 Å². The standard InChI is InChI=1S/C30H48O3/c1-18-10-15-30(25(32)33)17-16-28(6)20(24(30)19(18)2)8-9-22-27(5)13-12-23(31)26(3,4)21(27)11-14-29(22,28)7/h8,18-19,21-24,31H,9-17H2,1-7H3,(H,32,33)/t18-,19-,21+,22+,23-,24-,27+,28-,29+,30-/m1/s1. The van der Waals surface area contributed by atoms with Gasteiger partial charge in [-0.3, -0.25) is 4.79 Å². The smallest absolute Gasteiger partial charge is 0.310 e. The first-order chi connectivity index (χ1) is 15.3. The molecule has 0 amide bonds. The molecule has 2 N–H and O–H groups in total. The van der Waals surface area contributed by atoms with E-state index in [0.717, 1.165) is 44.9 Å². The molecule has 0 bridgehead atoms. The Kier molecular flexibility index (Phi) is 5.15. The Morgan fingerprint density at radius 3 is 2.27 bits per heavy atom. The van der Waals surface area contributed by atoms with Gasteiger partial charge in [-0.25, -0.2) is 0 Å². The number of carboxylic acids is 1. The SMILES string of the molecule is C[C@@H]1[C@H](C)CC[C@@]2(C(=O)O)CC[C@]3(C)C(=CC[C@H]4[C@@]5(C)CC[C@@H](O)C(C)(C)[C@@H]5CC[C@@]43C)[C@@H]12. The highest BCUT2D eigenvalue weighted by atomic mass is 16.4. The molecule has 33 heavy (non-hydrogen) atoms. The number of carboxylic acid groups (broad SMARTS) is 1. The summed E-state index contributed by atoms with van der Waals surface area (Å²) in [6, 6.07) is 0. The predicted octanol–water partition coefficient (Wildman–Crippen LogP) is 7.09. The molecule has 0 spiro atoms. The Bertz CT molecular complexity index is 874. The Labute approximate surface area is 201 Å². The number of allylic oxidation sites excluding steroid dienone is 2. The fourth-order valence-corrected chi connectivity index (χ4v) is 10.8. The lowest BCUT2D eigenvalue weighted by atomic mass is 9.33. The molecule has 0 heterocycles. The summed E-state index contributed by atoms with van der Waals surface area (Å²) >= 11 is 0. The van der Waals surface area contributed by atoms with Crippen molar-refractivity contribution in [3.8, 4) is 0 Å². The van der Waals surface area contributed by atoms with Gasteiger partial charge in [-0.1, -0.05) is 60.1 Å². The molecule has 10 atom stereocenters. The van der Waals surface area contributed by atoms with Gasteiger partial charge in [0.25, 0.3) is 0 Å². The van der Waals surface area contributed by atoms with Crippen LogP contribution in [-0.4, -0.2) is 22.3 Å². The summed E-state index contributed by atoms with van der Waals surface area (Å²) in [5.74, 6) is 1.82. The van der Waals surface area contributed by atoms with E-state index in [1.54, 1.807) is 0 Å². The number of aliphatic hydroxyl groups is 1. The van der Waals surface area contributed by atoms with Crippen LogP contribution in [0.1, 0.15) is 106 Å². The molecule has 3 nitrogen and oxygen atoms in total. The highest BCUT2D eigenvalue weighted by Crippen LogP contribution is 2.75. The molecule has 4 saturated carbocycles. The summed E-state index contributed by atoms with van der Waals surface area (Å²) in [5.41, 5.74) is 1.46. The van der Waals surface area contributed by atoms with E-state index < -0.39 is 11.4 Å². The molecule has 0 aromatic rings. The van der Waals surface area contributed by atoms with Gasteiger partial charge in [0, 0.05) is 0 Å². The van der Waals surface area contributed by atoms with Crippen LogP contribution in [0.4, 0.5) is 0 Å². The summed E-state index contributed by atoms with van der Waals surface area (Å²) in [6.45, 7) is 17.0. The minimum absolute atomic E-state index is 0.0302. The lowest BCUT2D eigenvalue weighted by Crippen LogP contribution is -2.65. The molecule has 3 heteroatoms. The number of hydrogen-bond acceptors (Lipinski definition) is 2. The van der Waals surface area contributed by atoms with E-state index in [0.29, 0.717) is 23.7 Å². The molecule has 0 unspecified atom stereocenters. The van der Waals surface area contributed by atoms with Gasteiger partial charge in [0.15, 0.2) is 0 Å². The highest BCUT2D eigenvalue weighted by molar-refractivity contribution is 5.76. The van der Waals surface area contributed by atoms with Crippen molar-refractivity contribution in [1.82, 2.24) is 0 Å². The largest absolute Gasteiger partial charge is 0.481 e. The molecule has 0 saturated heterocycles. The van der Waals surface area contributed by atoms with Crippen molar-refractivity contribution < 1.29 is 15.0 Å². The van der Waals surface area contributed by atoms with Crippen molar-refractivity contribution in [2.24, 2.45) is 56.7 Å². The van der Waals surface area contributed by atoms with Gasteiger partial charge in [0.05, 0.1) is 11.5 Å². The van der Waals surface area contributed by atoms with E-state index in [1.807, 2.05) is 0 Å². The second-order valence-electron chi connectivity index (χ2n) is 14.5. The molecule has 4 fully saturated rings. The van der Waals surface area contributed by atoms with Crippen LogP contribution in [0.3, 0.4) is 0 Å². The average molecular weight is 457 g/mol. The van der Waals surface area contributed by atoms with Crippen molar-refractivity contribution in [3.05, 3.63) is 11.6 Å². The van der Waals surface area contributed by atoms with Gasteiger partial charge in [0.2, 0.25) is 0 Å². The number of fused-ring (bicyclic) bond motifs is 7. The number of hydrogen-bond donors (Lipinski definition) is 2. The van der Waals surface area contributed by atoms with E-state index in [-0.39, 0.29) is 33.7 Å². The van der Waals surface area contributed by atoms with E-state index >= 15 is 0 Å². The second kappa shape index (κ2) is 7.11. The van der Waals surface area contributed by atoms with Crippen molar-refractivity contribution in [3.63, 3.8) is 0 Å². The predicted molar refractivity (Wildman–Crippen MR) is 133 cm³/mol. The Balaban J connectivity index is 1.61. The van der Waals surface area contributed by atoms with Crippen molar-refractivity contribution >= 4 is 5.97 Å². The Hall–Kier alpha value is -0.830. The van der Waals surface area contributed by atoms with Gasteiger partial charge in [0.1, 0.15) is 0 Å². The van der Waals surface area contributed by atoms with Gasteiger partial charge in [-0.15, -0.1) is 0 Å². The number of aliphatic carboxylic acids is 1. The van der Waals surface area contributed by atoms with Crippen molar-refractivity contribution in [2.45, 2.75) is 112 Å². The third-order valence-corrected chi connectivity index (χ3v) is 13.4. The maximum absolute atomic E-state index is 12.8. The van der Waals surface area contributed by atoms with Gasteiger partial charge < -0.3 is 10.2 Å². The Morgan fingerprint density at radius 2 is 1.61 bits per heavy atom. The van der Waals surface area contributed by atoms with Crippen LogP contribution in [0.5, 0.6) is 0 Å². The van der Waals surface area contributed by atoms with Gasteiger partial charge in [-0.2, -0.15) is 0 Å². The first-order valence-corrected chi connectivity index (χ1v) is 13.9. The fraction of sp³-hybridized carbons (Fsp3) is 0.900. The Morgan fingerprint density at radius 1 is 0.909 bits per heavy atom. The van der Waals surface area contributed by atoms with Crippen LogP contribution in [0.25, 0.3) is 0 Å². The average Bonchev–Trinajstić information content (AvgIpc) is 2.74. The lowest BCUT2D eigenvalue weighted by molar-refractivity contribution is -0.206. The minimum atomic E-state index is -0.557. The van der Waals surface area contributed by atoms with Crippen molar-refractivity contribution in [2.75, 3.05) is 0 Å². The first kappa shape index (κ1) is 23.9. The highest BCUT2D eigenvalue weighted by Gasteiger charge is 2.69. The normalized spacial score (nSPS) is 55.3. The summed E-state index contributed by atoms with van der Waals surface area (Å²) in [6.07, 6.45) is 11.6. The molecule has 5 aliphatic rings. The minimum Gasteiger partial charge on any atom is -0.481 e. The molecule has 0 aliphatic heterocycles. The monoisotopic (exact) mass is 456 g/mol. The van der Waals surface area contributed by atoms with Crippen molar-refractivity contribution in [1.29, 1.82) is 0 Å². The maximum Gasteiger partial charge on any atom is 0.310 e. The second-order valence-corrected chi connectivity index (χ2v) is 14.5.